The fraction of sp³-hybridized carbons (Fsp3) is 0.944. The van der Waals surface area contributed by atoms with Crippen molar-refractivity contribution in [1.82, 2.24) is 0 Å². The summed E-state index contributed by atoms with van der Waals surface area (Å²) in [6, 6.07) is 0. The number of hydrogen-bond donors (Lipinski definition) is 0. The van der Waals surface area contributed by atoms with Crippen molar-refractivity contribution >= 4 is 8.25 Å². The second-order valence-corrected chi connectivity index (χ2v) is 6.47. The summed E-state index contributed by atoms with van der Waals surface area (Å²) in [4.78, 5) is 17.0. The van der Waals surface area contributed by atoms with E-state index in [-0.39, 0.29) is 16.5 Å². The van der Waals surface area contributed by atoms with Crippen molar-refractivity contribution in [3.63, 3.8) is 0 Å². The van der Waals surface area contributed by atoms with E-state index in [9.17, 15) is 0 Å². The van der Waals surface area contributed by atoms with Gasteiger partial charge in [-0.1, -0.05) is 108 Å². The Labute approximate surface area is 155 Å². The molecule has 0 unspecified atom stereocenters. The summed E-state index contributed by atoms with van der Waals surface area (Å²) < 4.78 is 8.48. The second-order valence-electron chi connectivity index (χ2n) is 6.03. The maximum absolute atomic E-state index is 8.48. The van der Waals surface area contributed by atoms with Crippen LogP contribution in [0.4, 0.5) is 0 Å². The first-order chi connectivity index (χ1) is 10.6. The van der Waals surface area contributed by atoms with Crippen LogP contribution in [0.3, 0.4) is 0 Å². The van der Waals surface area contributed by atoms with Crippen LogP contribution in [0.5, 0.6) is 0 Å². The van der Waals surface area contributed by atoms with Crippen LogP contribution in [0.25, 0.3) is 0 Å². The van der Waals surface area contributed by atoms with E-state index in [1.165, 1.54) is 96.3 Å². The Bertz CT molecular complexity index is 196. The normalized spacial score (nSPS) is 9.74. The van der Waals surface area contributed by atoms with Crippen molar-refractivity contribution in [2.75, 3.05) is 0 Å². The van der Waals surface area contributed by atoms with Crippen LogP contribution >= 0.6 is 8.25 Å². The molecule has 0 atom stereocenters. The predicted molar refractivity (Wildman–Crippen MR) is 92.5 cm³/mol. The Morgan fingerprint density at radius 1 is 0.652 bits per heavy atom. The van der Waals surface area contributed by atoms with Gasteiger partial charge in [-0.25, -0.2) is 0 Å². The Hall–Kier alpha value is 0.514. The zero-order valence-electron chi connectivity index (χ0n) is 15.0. The Kier molecular flexibility index (Phi) is 33.7. The summed E-state index contributed by atoms with van der Waals surface area (Å²) >= 11 is 0. The monoisotopic (exact) mass is 390 g/mol. The topological polar surface area (TPSA) is 63.2 Å². The van der Waals surface area contributed by atoms with Crippen molar-refractivity contribution < 1.29 is 30.8 Å². The minimum absolute atomic E-state index is 0. The Morgan fingerprint density at radius 2 is 0.870 bits per heavy atom. The third kappa shape index (κ3) is 39.4. The number of hydrogen-bond acceptors (Lipinski definition) is 3. The predicted octanol–water partition coefficient (Wildman–Crippen LogP) is 5.44. The molecule has 23 heavy (non-hydrogen) atoms. The number of unbranched alkanes of at least 4 members (excludes halogenated alkanes) is 15. The zero-order valence-corrected chi connectivity index (χ0v) is 16.9. The molecule has 0 heterocycles. The minimum atomic E-state index is -3.37. The average molecular weight is 391 g/mol. The van der Waals surface area contributed by atoms with E-state index in [2.05, 4.69) is 13.8 Å². The fourth-order valence-corrected chi connectivity index (χ4v) is 2.55. The molecule has 0 aromatic carbocycles. The molecule has 0 aliphatic heterocycles. The molecule has 0 bridgehead atoms. The fourth-order valence-electron chi connectivity index (χ4n) is 2.55. The maximum Gasteiger partial charge on any atom is 3.00 e. The number of rotatable bonds is 15. The van der Waals surface area contributed by atoms with Gasteiger partial charge in [0.25, 0.3) is 8.25 Å². The van der Waals surface area contributed by atoms with E-state index in [0.29, 0.717) is 0 Å². The van der Waals surface area contributed by atoms with Crippen LogP contribution in [-0.4, -0.2) is 0 Å². The molecule has 5 heteroatoms. The summed E-state index contributed by atoms with van der Waals surface area (Å²) in [5.41, 5.74) is 0. The molecule has 0 aromatic rings. The first-order valence-corrected chi connectivity index (χ1v) is 10.4. The molecule has 3 nitrogen and oxygen atoms in total. The third-order valence-corrected chi connectivity index (χ3v) is 3.85. The van der Waals surface area contributed by atoms with Gasteiger partial charge in [-0.2, -0.15) is 6.42 Å². The van der Waals surface area contributed by atoms with E-state index in [0.717, 1.165) is 6.42 Å². The van der Waals surface area contributed by atoms with E-state index in [4.69, 9.17) is 14.4 Å². The second kappa shape index (κ2) is 27.4. The van der Waals surface area contributed by atoms with Gasteiger partial charge in [0.2, 0.25) is 0 Å². The smallest absolute Gasteiger partial charge is 0.598 e. The summed E-state index contributed by atoms with van der Waals surface area (Å²) in [5, 5.41) is 0. The van der Waals surface area contributed by atoms with Crippen molar-refractivity contribution in [2.24, 2.45) is 0 Å². The van der Waals surface area contributed by atoms with Gasteiger partial charge in [-0.3, -0.25) is 0 Å². The molecule has 0 aliphatic rings. The summed E-state index contributed by atoms with van der Waals surface area (Å²) in [7, 11) is -3.37. The van der Waals surface area contributed by atoms with E-state index < -0.39 is 8.25 Å². The average Bonchev–Trinajstić information content (AvgIpc) is 2.47. The van der Waals surface area contributed by atoms with Crippen LogP contribution in [0.1, 0.15) is 110 Å². The van der Waals surface area contributed by atoms with E-state index >= 15 is 0 Å². The molecule has 0 fully saturated rings. The van der Waals surface area contributed by atoms with E-state index in [1.807, 2.05) is 0 Å². The molecule has 0 aliphatic carbocycles. The van der Waals surface area contributed by atoms with Gasteiger partial charge in [0, 0.05) is 0 Å². The SMILES string of the molecule is O=[P+]([O-])[O-].[CH2-]CCCCCCCCCCCCCCCCC.[Ni+3]. The van der Waals surface area contributed by atoms with Gasteiger partial charge in [0.1, 0.15) is 0 Å². The largest absolute Gasteiger partial charge is 3.00 e. The Balaban J connectivity index is -0.000000712. The van der Waals surface area contributed by atoms with E-state index in [1.54, 1.807) is 0 Å². The molecular weight excluding hydrogens is 354 g/mol. The van der Waals surface area contributed by atoms with Crippen molar-refractivity contribution in [1.29, 1.82) is 0 Å². The van der Waals surface area contributed by atoms with Gasteiger partial charge < -0.3 is 16.7 Å². The van der Waals surface area contributed by atoms with Crippen LogP contribution in [-0.2, 0) is 21.1 Å². The van der Waals surface area contributed by atoms with Crippen molar-refractivity contribution in [2.45, 2.75) is 110 Å². The quantitative estimate of drug-likeness (QED) is 0.162. The molecule has 0 saturated heterocycles. The maximum atomic E-state index is 8.48. The molecule has 141 valence electrons. The summed E-state index contributed by atoms with van der Waals surface area (Å²) in [5.74, 6) is 0. The molecule has 0 amide bonds. The summed E-state index contributed by atoms with van der Waals surface area (Å²) in [6.45, 7) is 6.18. The Morgan fingerprint density at radius 3 is 1.09 bits per heavy atom. The van der Waals surface area contributed by atoms with Gasteiger partial charge in [-0.05, 0) is 0 Å². The first-order valence-electron chi connectivity index (χ1n) is 9.25. The molecule has 1 radical (unpaired) electrons. The van der Waals surface area contributed by atoms with Gasteiger partial charge >= 0.3 is 16.5 Å². The molecular formula is C18H37NiO3P+. The van der Waals surface area contributed by atoms with Gasteiger partial charge in [-0.15, -0.1) is 0 Å². The van der Waals surface area contributed by atoms with Crippen LogP contribution in [0, 0.1) is 6.92 Å². The van der Waals surface area contributed by atoms with Crippen molar-refractivity contribution in [3.8, 4) is 0 Å². The zero-order chi connectivity index (χ0) is 16.9. The summed E-state index contributed by atoms with van der Waals surface area (Å²) in [6.07, 6.45) is 22.8. The van der Waals surface area contributed by atoms with Crippen LogP contribution in [0.2, 0.25) is 0 Å². The van der Waals surface area contributed by atoms with Gasteiger partial charge in [0.05, 0.1) is 0 Å². The first kappa shape index (κ1) is 28.3. The van der Waals surface area contributed by atoms with Crippen LogP contribution in [0.15, 0.2) is 0 Å². The molecule has 0 saturated carbocycles. The molecule has 0 rings (SSSR count). The molecule has 0 N–H and O–H groups in total. The molecule has 0 aromatic heterocycles. The van der Waals surface area contributed by atoms with Gasteiger partial charge in [0.15, 0.2) is 0 Å². The third-order valence-electron chi connectivity index (χ3n) is 3.85. The minimum Gasteiger partial charge on any atom is -0.598 e. The molecule has 0 spiro atoms. The van der Waals surface area contributed by atoms with Crippen LogP contribution < -0.4 is 9.79 Å². The standard InChI is InChI=1S/C18H37.Ni.HO3P/c1-3-5-7-9-11-13-15-17-18-16-14-12-10-8-6-4-2;;1-4(2)3/h1,3-18H2,2H3;;(H,1,2,3)/q-1;+3;/p-1. The van der Waals surface area contributed by atoms with Crippen molar-refractivity contribution in [3.05, 3.63) is 6.92 Å².